The molecule has 3 aliphatic heterocycles. The summed E-state index contributed by atoms with van der Waals surface area (Å²) in [6.07, 6.45) is 14.1. The van der Waals surface area contributed by atoms with E-state index in [1.165, 1.54) is 51.4 Å². The third-order valence-corrected chi connectivity index (χ3v) is 13.9. The largest absolute Gasteiger partial charge is 0.394 e. The van der Waals surface area contributed by atoms with Crippen molar-refractivity contribution in [2.75, 3.05) is 26.4 Å². The summed E-state index contributed by atoms with van der Waals surface area (Å²) < 4.78 is 34.1. The molecule has 19 nitrogen and oxygen atoms in total. The number of allylic oxidation sites excluding steroid dienone is 7. The summed E-state index contributed by atoms with van der Waals surface area (Å²) >= 11 is 0. The van der Waals surface area contributed by atoms with Gasteiger partial charge >= 0.3 is 0 Å². The summed E-state index contributed by atoms with van der Waals surface area (Å²) in [5, 5.41) is 120. The highest BCUT2D eigenvalue weighted by Crippen LogP contribution is 2.33. The van der Waals surface area contributed by atoms with E-state index >= 15 is 0 Å². The second kappa shape index (κ2) is 39.2. The standard InChI is InChI=1S/C55H97NO18/c1-3-5-7-9-11-13-14-15-16-17-18-19-20-21-22-23-24-25-27-29-31-33-43(61)56-38(39(60)32-30-28-26-12-10-8-6-4-2)37-69-53-49(67)46(64)51(41(35-58)71-53)74-55-50(68)47(65)52(42(36-59)72-55)73-54-48(66)45(63)44(62)40(34-57)70-54/h14-15,17-18,20-21,30,32,38-42,44-55,57-60,62-68H,3-13,16,19,22-29,31,33-37H2,1-2H3,(H,56,61)/b15-14-,18-17-,21-20-,32-30+. The van der Waals surface area contributed by atoms with Crippen molar-refractivity contribution in [3.05, 3.63) is 48.6 Å². The van der Waals surface area contributed by atoms with Gasteiger partial charge in [-0.1, -0.05) is 146 Å². The molecular weight excluding hydrogens is 963 g/mol. The third kappa shape index (κ3) is 23.8. The Morgan fingerprint density at radius 3 is 1.39 bits per heavy atom. The molecule has 0 radical (unpaired) electrons. The van der Waals surface area contributed by atoms with Crippen LogP contribution in [0, 0.1) is 0 Å². The average Bonchev–Trinajstić information content (AvgIpc) is 3.40. The lowest BCUT2D eigenvalue weighted by Gasteiger charge is -2.48. The van der Waals surface area contributed by atoms with Gasteiger partial charge in [-0.25, -0.2) is 0 Å². The van der Waals surface area contributed by atoms with E-state index in [9.17, 15) is 61.0 Å². The van der Waals surface area contributed by atoms with Crippen LogP contribution < -0.4 is 5.32 Å². The number of carbonyl (C=O) groups is 1. The van der Waals surface area contributed by atoms with Crippen LogP contribution in [0.15, 0.2) is 48.6 Å². The molecule has 0 saturated carbocycles. The third-order valence-electron chi connectivity index (χ3n) is 13.9. The van der Waals surface area contributed by atoms with Gasteiger partial charge in [-0.2, -0.15) is 0 Å². The molecule has 12 N–H and O–H groups in total. The molecule has 0 aromatic heterocycles. The first kappa shape index (κ1) is 66.0. The molecule has 74 heavy (non-hydrogen) atoms. The normalized spacial score (nSPS) is 31.8. The van der Waals surface area contributed by atoms with Crippen LogP contribution in [0.5, 0.6) is 0 Å². The monoisotopic (exact) mass is 1060 g/mol. The van der Waals surface area contributed by atoms with Crippen molar-refractivity contribution in [2.24, 2.45) is 0 Å². The van der Waals surface area contributed by atoms with E-state index in [2.05, 4.69) is 55.6 Å². The molecule has 19 heteroatoms. The second-order valence-electron chi connectivity index (χ2n) is 20.0. The van der Waals surface area contributed by atoms with Crippen LogP contribution in [0.1, 0.15) is 162 Å². The smallest absolute Gasteiger partial charge is 0.220 e. The number of ether oxygens (including phenoxy) is 6. The lowest BCUT2D eigenvalue weighted by molar-refractivity contribution is -0.379. The second-order valence-corrected chi connectivity index (χ2v) is 20.0. The molecule has 17 unspecified atom stereocenters. The summed E-state index contributed by atoms with van der Waals surface area (Å²) in [4.78, 5) is 13.2. The fraction of sp³-hybridized carbons (Fsp3) is 0.836. The highest BCUT2D eigenvalue weighted by atomic mass is 16.8. The van der Waals surface area contributed by atoms with E-state index < -0.39 is 124 Å². The van der Waals surface area contributed by atoms with Crippen LogP contribution in [0.25, 0.3) is 0 Å². The number of aliphatic hydroxyl groups excluding tert-OH is 11. The first-order valence-electron chi connectivity index (χ1n) is 27.9. The Kier molecular flexibility index (Phi) is 34.9. The SMILES string of the molecule is CCCCCCC/C=C\C/C=C\C/C=C\CCCCCCCCC(=O)NC(COC1OC(CO)C(OC2OC(CO)C(OC3OC(CO)C(O)C(O)C3O)C(O)C2O)C(O)C1O)C(O)/C=C/CCCCCCCC. The van der Waals surface area contributed by atoms with Crippen molar-refractivity contribution in [3.8, 4) is 0 Å². The number of hydrogen-bond donors (Lipinski definition) is 12. The number of aliphatic hydroxyl groups is 11. The lowest BCUT2D eigenvalue weighted by atomic mass is 9.96. The van der Waals surface area contributed by atoms with Crippen LogP contribution in [-0.2, 0) is 33.2 Å². The van der Waals surface area contributed by atoms with Gasteiger partial charge in [0.25, 0.3) is 0 Å². The predicted octanol–water partition coefficient (Wildman–Crippen LogP) is 3.53. The van der Waals surface area contributed by atoms with Crippen LogP contribution >= 0.6 is 0 Å². The molecule has 3 heterocycles. The fourth-order valence-corrected chi connectivity index (χ4v) is 9.19. The van der Waals surface area contributed by atoms with Gasteiger partial charge in [-0.05, 0) is 57.8 Å². The van der Waals surface area contributed by atoms with Gasteiger partial charge in [0.05, 0.1) is 38.6 Å². The summed E-state index contributed by atoms with van der Waals surface area (Å²) in [5.74, 6) is -0.294. The maximum Gasteiger partial charge on any atom is 0.220 e. The van der Waals surface area contributed by atoms with Crippen molar-refractivity contribution in [3.63, 3.8) is 0 Å². The highest BCUT2D eigenvalue weighted by molar-refractivity contribution is 5.76. The van der Waals surface area contributed by atoms with Gasteiger partial charge in [-0.3, -0.25) is 4.79 Å². The first-order valence-corrected chi connectivity index (χ1v) is 27.9. The van der Waals surface area contributed by atoms with E-state index in [-0.39, 0.29) is 18.9 Å². The zero-order valence-electron chi connectivity index (χ0n) is 44.3. The molecular formula is C55H97NO18. The summed E-state index contributed by atoms with van der Waals surface area (Å²) in [5.41, 5.74) is 0. The molecule has 0 aliphatic carbocycles. The zero-order valence-corrected chi connectivity index (χ0v) is 44.3. The minimum absolute atomic E-state index is 0.226. The molecule has 0 aromatic carbocycles. The van der Waals surface area contributed by atoms with Crippen molar-refractivity contribution < 1.29 is 89.4 Å². The number of nitrogens with one attached hydrogen (secondary N) is 1. The Morgan fingerprint density at radius 1 is 0.486 bits per heavy atom. The zero-order chi connectivity index (χ0) is 54.1. The Morgan fingerprint density at radius 2 is 0.892 bits per heavy atom. The maximum absolute atomic E-state index is 13.2. The maximum atomic E-state index is 13.2. The predicted molar refractivity (Wildman–Crippen MR) is 277 cm³/mol. The van der Waals surface area contributed by atoms with Gasteiger partial charge < -0.3 is 89.9 Å². The molecule has 3 aliphatic rings. The topological polar surface area (TPSA) is 307 Å². The van der Waals surface area contributed by atoms with Gasteiger partial charge in [0.2, 0.25) is 5.91 Å². The highest BCUT2D eigenvalue weighted by Gasteiger charge is 2.53. The Bertz CT molecular complexity index is 1550. The van der Waals surface area contributed by atoms with Crippen molar-refractivity contribution in [2.45, 2.75) is 266 Å². The molecule has 430 valence electrons. The molecule has 0 spiro atoms. The van der Waals surface area contributed by atoms with Gasteiger partial charge in [0.15, 0.2) is 18.9 Å². The van der Waals surface area contributed by atoms with Crippen LogP contribution in [-0.4, -0.2) is 193 Å². The van der Waals surface area contributed by atoms with Gasteiger partial charge in [0, 0.05) is 6.42 Å². The number of unbranched alkanes of at least 4 members (excludes halogenated alkanes) is 17. The average molecular weight is 1060 g/mol. The number of rotatable bonds is 39. The molecule has 1 amide bonds. The van der Waals surface area contributed by atoms with Gasteiger partial charge in [0.1, 0.15) is 73.2 Å². The Labute approximate surface area is 440 Å². The van der Waals surface area contributed by atoms with E-state index in [0.717, 1.165) is 83.5 Å². The minimum Gasteiger partial charge on any atom is -0.394 e. The van der Waals surface area contributed by atoms with Crippen molar-refractivity contribution in [1.29, 1.82) is 0 Å². The van der Waals surface area contributed by atoms with Crippen molar-refractivity contribution >= 4 is 5.91 Å². The van der Waals surface area contributed by atoms with Crippen LogP contribution in [0.2, 0.25) is 0 Å². The van der Waals surface area contributed by atoms with Crippen molar-refractivity contribution in [1.82, 2.24) is 5.32 Å². The summed E-state index contributed by atoms with van der Waals surface area (Å²) in [6.45, 7) is 1.61. The van der Waals surface area contributed by atoms with Crippen LogP contribution in [0.3, 0.4) is 0 Å². The molecule has 17 atom stereocenters. The van der Waals surface area contributed by atoms with Gasteiger partial charge in [-0.15, -0.1) is 0 Å². The minimum atomic E-state index is -1.98. The van der Waals surface area contributed by atoms with E-state index in [4.69, 9.17) is 28.4 Å². The Hall–Kier alpha value is -2.25. The molecule has 0 aromatic rings. The molecule has 3 fully saturated rings. The summed E-state index contributed by atoms with van der Waals surface area (Å²) in [7, 11) is 0. The van der Waals surface area contributed by atoms with E-state index in [0.29, 0.717) is 6.42 Å². The van der Waals surface area contributed by atoms with Crippen LogP contribution in [0.4, 0.5) is 0 Å². The number of hydrogen-bond acceptors (Lipinski definition) is 18. The van der Waals surface area contributed by atoms with E-state index in [1.54, 1.807) is 6.08 Å². The quantitative estimate of drug-likeness (QED) is 0.0310. The summed E-state index contributed by atoms with van der Waals surface area (Å²) in [6, 6.07) is -0.978. The Balaban J connectivity index is 1.48. The molecule has 3 rings (SSSR count). The molecule has 3 saturated heterocycles. The first-order chi connectivity index (χ1) is 35.8. The number of carbonyl (C=O) groups excluding carboxylic acids is 1. The lowest BCUT2D eigenvalue weighted by Crippen LogP contribution is -2.66. The molecule has 0 bridgehead atoms. The van der Waals surface area contributed by atoms with E-state index in [1.807, 2.05) is 6.08 Å². The number of amides is 1. The fourth-order valence-electron chi connectivity index (χ4n) is 9.19.